The van der Waals surface area contributed by atoms with Crippen LogP contribution in [0.1, 0.15) is 26.0 Å². The summed E-state index contributed by atoms with van der Waals surface area (Å²) in [4.78, 5) is 0.238. The van der Waals surface area contributed by atoms with Crippen molar-refractivity contribution in [3.63, 3.8) is 0 Å². The van der Waals surface area contributed by atoms with Crippen LogP contribution in [0.15, 0.2) is 17.2 Å². The Labute approximate surface area is 108 Å². The molecule has 0 spiro atoms. The Balaban J connectivity index is 2.10. The summed E-state index contributed by atoms with van der Waals surface area (Å²) < 4.78 is 28.5. The van der Waals surface area contributed by atoms with Crippen LogP contribution in [0.3, 0.4) is 0 Å². The Morgan fingerprint density at radius 1 is 1.56 bits per heavy atom. The summed E-state index contributed by atoms with van der Waals surface area (Å²) in [5.41, 5.74) is 0.623. The largest absolute Gasteiger partial charge is 0.390 e. The second-order valence-electron chi connectivity index (χ2n) is 4.94. The minimum Gasteiger partial charge on any atom is -0.390 e. The lowest BCUT2D eigenvalue weighted by Crippen LogP contribution is -2.25. The summed E-state index contributed by atoms with van der Waals surface area (Å²) in [6.07, 6.45) is 2.67. The van der Waals surface area contributed by atoms with Gasteiger partial charge in [-0.2, -0.15) is 0 Å². The maximum absolute atomic E-state index is 12.1. The van der Waals surface area contributed by atoms with Gasteiger partial charge in [0.05, 0.1) is 11.5 Å². The standard InChI is InChI=1S/C12H20N2O3S/c1-3-14-7-12(5-11(14)8-15)18(16,17)13-6-10-4-9(10)2/h5,7,9-10,13,15H,3-4,6,8H2,1-2H3. The van der Waals surface area contributed by atoms with Gasteiger partial charge in [-0.1, -0.05) is 6.92 Å². The van der Waals surface area contributed by atoms with E-state index in [-0.39, 0.29) is 11.5 Å². The molecule has 0 saturated heterocycles. The third kappa shape index (κ3) is 2.76. The van der Waals surface area contributed by atoms with Crippen LogP contribution in [0.2, 0.25) is 0 Å². The Morgan fingerprint density at radius 2 is 2.22 bits per heavy atom. The van der Waals surface area contributed by atoms with Crippen LogP contribution >= 0.6 is 0 Å². The van der Waals surface area contributed by atoms with Gasteiger partial charge in [0, 0.05) is 25.0 Å². The molecule has 5 nitrogen and oxygen atoms in total. The van der Waals surface area contributed by atoms with E-state index < -0.39 is 10.0 Å². The fraction of sp³-hybridized carbons (Fsp3) is 0.667. The molecular weight excluding hydrogens is 252 g/mol. The number of aliphatic hydroxyl groups is 1. The fourth-order valence-electron chi connectivity index (χ4n) is 2.08. The van der Waals surface area contributed by atoms with Gasteiger partial charge in [0.25, 0.3) is 0 Å². The van der Waals surface area contributed by atoms with E-state index in [2.05, 4.69) is 11.6 Å². The second-order valence-corrected chi connectivity index (χ2v) is 6.70. The van der Waals surface area contributed by atoms with Crippen LogP contribution in [-0.2, 0) is 23.2 Å². The van der Waals surface area contributed by atoms with Gasteiger partial charge in [0.15, 0.2) is 0 Å². The number of aromatic nitrogens is 1. The summed E-state index contributed by atoms with van der Waals surface area (Å²) in [6.45, 7) is 5.04. The third-order valence-electron chi connectivity index (χ3n) is 3.59. The maximum atomic E-state index is 12.1. The second kappa shape index (κ2) is 5.03. The highest BCUT2D eigenvalue weighted by Gasteiger charge is 2.33. The average molecular weight is 272 g/mol. The molecule has 6 heteroatoms. The molecule has 0 aromatic carbocycles. The third-order valence-corrected chi connectivity index (χ3v) is 4.98. The number of hydrogen-bond donors (Lipinski definition) is 2. The van der Waals surface area contributed by atoms with Gasteiger partial charge in [-0.25, -0.2) is 13.1 Å². The van der Waals surface area contributed by atoms with E-state index in [9.17, 15) is 8.42 Å². The van der Waals surface area contributed by atoms with Gasteiger partial charge in [-0.15, -0.1) is 0 Å². The molecule has 1 aromatic heterocycles. The number of hydrogen-bond acceptors (Lipinski definition) is 3. The Morgan fingerprint density at radius 3 is 2.67 bits per heavy atom. The molecule has 1 saturated carbocycles. The van der Waals surface area contributed by atoms with Crippen molar-refractivity contribution in [1.29, 1.82) is 0 Å². The van der Waals surface area contributed by atoms with Gasteiger partial charge in [0.2, 0.25) is 10.0 Å². The Kier molecular flexibility index (Phi) is 3.79. The van der Waals surface area contributed by atoms with E-state index in [0.717, 1.165) is 6.42 Å². The zero-order chi connectivity index (χ0) is 13.3. The molecule has 0 radical (unpaired) electrons. The minimum atomic E-state index is -3.44. The van der Waals surface area contributed by atoms with Gasteiger partial charge in [-0.05, 0) is 31.2 Å². The highest BCUT2D eigenvalue weighted by Crippen LogP contribution is 2.37. The molecule has 2 atom stereocenters. The first-order chi connectivity index (χ1) is 8.47. The van der Waals surface area contributed by atoms with E-state index in [1.54, 1.807) is 10.8 Å². The summed E-state index contributed by atoms with van der Waals surface area (Å²) in [5, 5.41) is 9.16. The number of nitrogens with zero attached hydrogens (tertiary/aromatic N) is 1. The molecule has 0 aliphatic heterocycles. The Hall–Kier alpha value is -0.850. The van der Waals surface area contributed by atoms with Crippen LogP contribution in [0.25, 0.3) is 0 Å². The van der Waals surface area contributed by atoms with Crippen molar-refractivity contribution >= 4 is 10.0 Å². The molecule has 1 heterocycles. The lowest BCUT2D eigenvalue weighted by Gasteiger charge is -2.03. The van der Waals surface area contributed by atoms with Crippen molar-refractivity contribution in [2.45, 2.75) is 38.3 Å². The molecular formula is C12H20N2O3S. The van der Waals surface area contributed by atoms with Gasteiger partial charge in [0.1, 0.15) is 0 Å². The van der Waals surface area contributed by atoms with Crippen LogP contribution in [0, 0.1) is 11.8 Å². The number of sulfonamides is 1. The molecule has 0 amide bonds. The highest BCUT2D eigenvalue weighted by atomic mass is 32.2. The molecule has 18 heavy (non-hydrogen) atoms. The SMILES string of the molecule is CCn1cc(S(=O)(=O)NCC2CC2C)cc1CO. The summed E-state index contributed by atoms with van der Waals surface area (Å²) in [7, 11) is -3.44. The quantitative estimate of drug-likeness (QED) is 0.809. The van der Waals surface area contributed by atoms with Crippen LogP contribution in [0.4, 0.5) is 0 Å². The van der Waals surface area contributed by atoms with E-state index in [0.29, 0.717) is 30.6 Å². The monoisotopic (exact) mass is 272 g/mol. The summed E-state index contributed by atoms with van der Waals surface area (Å²) >= 11 is 0. The van der Waals surface area contributed by atoms with Crippen molar-refractivity contribution in [3.8, 4) is 0 Å². The normalized spacial score (nSPS) is 23.3. The fourth-order valence-corrected chi connectivity index (χ4v) is 3.24. The number of nitrogens with one attached hydrogen (secondary N) is 1. The topological polar surface area (TPSA) is 71.3 Å². The van der Waals surface area contributed by atoms with Crippen molar-refractivity contribution in [3.05, 3.63) is 18.0 Å². The first-order valence-electron chi connectivity index (χ1n) is 6.27. The first-order valence-corrected chi connectivity index (χ1v) is 7.75. The summed E-state index contributed by atoms with van der Waals surface area (Å²) in [6, 6.07) is 1.53. The molecule has 1 aliphatic rings. The van der Waals surface area contributed by atoms with Gasteiger partial charge in [-0.3, -0.25) is 0 Å². The van der Waals surface area contributed by atoms with Crippen LogP contribution in [0.5, 0.6) is 0 Å². The number of aliphatic hydroxyl groups excluding tert-OH is 1. The number of rotatable bonds is 6. The predicted molar refractivity (Wildman–Crippen MR) is 68.5 cm³/mol. The molecule has 2 N–H and O–H groups in total. The Bertz CT molecular complexity index is 500. The van der Waals surface area contributed by atoms with Crippen molar-refractivity contribution in [2.24, 2.45) is 11.8 Å². The van der Waals surface area contributed by atoms with Gasteiger partial charge < -0.3 is 9.67 Å². The maximum Gasteiger partial charge on any atom is 0.242 e. The molecule has 2 unspecified atom stereocenters. The van der Waals surface area contributed by atoms with E-state index in [4.69, 9.17) is 5.11 Å². The van der Waals surface area contributed by atoms with Crippen molar-refractivity contribution < 1.29 is 13.5 Å². The molecule has 2 rings (SSSR count). The molecule has 1 aromatic rings. The van der Waals surface area contributed by atoms with E-state index in [1.807, 2.05) is 6.92 Å². The minimum absolute atomic E-state index is 0.150. The first kappa shape index (κ1) is 13.6. The zero-order valence-corrected chi connectivity index (χ0v) is 11.6. The van der Waals surface area contributed by atoms with Crippen molar-refractivity contribution in [2.75, 3.05) is 6.54 Å². The molecule has 102 valence electrons. The number of aryl methyl sites for hydroxylation is 1. The smallest absolute Gasteiger partial charge is 0.242 e. The van der Waals surface area contributed by atoms with Crippen molar-refractivity contribution in [1.82, 2.24) is 9.29 Å². The summed E-state index contributed by atoms with van der Waals surface area (Å²) in [5.74, 6) is 1.10. The lowest BCUT2D eigenvalue weighted by atomic mass is 10.3. The molecule has 1 fully saturated rings. The van der Waals surface area contributed by atoms with Crippen LogP contribution < -0.4 is 4.72 Å². The van der Waals surface area contributed by atoms with E-state index in [1.165, 1.54) is 6.07 Å². The molecule has 1 aliphatic carbocycles. The van der Waals surface area contributed by atoms with Crippen LogP contribution in [-0.4, -0.2) is 24.6 Å². The zero-order valence-electron chi connectivity index (χ0n) is 10.8. The highest BCUT2D eigenvalue weighted by molar-refractivity contribution is 7.89. The molecule has 0 bridgehead atoms. The van der Waals surface area contributed by atoms with E-state index >= 15 is 0 Å². The lowest BCUT2D eigenvalue weighted by molar-refractivity contribution is 0.271. The predicted octanol–water partition coefficient (Wildman–Crippen LogP) is 0.935. The average Bonchev–Trinajstić information content (AvgIpc) is 2.89. The van der Waals surface area contributed by atoms with Gasteiger partial charge >= 0.3 is 0 Å².